The second-order valence-electron chi connectivity index (χ2n) is 4.12. The minimum atomic E-state index is 0.645. The summed E-state index contributed by atoms with van der Waals surface area (Å²) in [6, 6.07) is 17.8. The lowest BCUT2D eigenvalue weighted by atomic mass is 10.0. The molecule has 0 atom stereocenters. The van der Waals surface area contributed by atoms with Crippen LogP contribution in [-0.2, 0) is 0 Å². The highest BCUT2D eigenvalue weighted by Crippen LogP contribution is 2.25. The number of benzene rings is 2. The minimum Gasteiger partial charge on any atom is -0.356 e. The molecule has 1 N–H and O–H groups in total. The molecule has 0 aliphatic rings. The Balaban J connectivity index is 2.29. The van der Waals surface area contributed by atoms with Gasteiger partial charge in [0.1, 0.15) is 0 Å². The molecule has 0 aliphatic heterocycles. The van der Waals surface area contributed by atoms with Crippen LogP contribution in [0.25, 0.3) is 11.4 Å². The van der Waals surface area contributed by atoms with Crippen molar-refractivity contribution in [2.24, 2.45) is 4.99 Å². The quantitative estimate of drug-likeness (QED) is 0.777. The SMILES string of the molecule is C=NC(=C)c1ccccc1C(=C)Nc1ccccc1. The highest BCUT2D eigenvalue weighted by Gasteiger charge is 2.07. The average molecular weight is 248 g/mol. The molecule has 2 nitrogen and oxygen atoms in total. The van der Waals surface area contributed by atoms with Gasteiger partial charge in [-0.15, -0.1) is 0 Å². The molecule has 0 amide bonds. The van der Waals surface area contributed by atoms with Crippen molar-refractivity contribution in [2.45, 2.75) is 0 Å². The van der Waals surface area contributed by atoms with Crippen LogP contribution in [0, 0.1) is 0 Å². The summed E-state index contributed by atoms with van der Waals surface area (Å²) in [6.45, 7) is 11.5. The number of hydrogen-bond acceptors (Lipinski definition) is 2. The Hall–Kier alpha value is -2.61. The van der Waals surface area contributed by atoms with E-state index in [-0.39, 0.29) is 0 Å². The van der Waals surface area contributed by atoms with Crippen LogP contribution in [0.1, 0.15) is 11.1 Å². The molecule has 0 unspecified atom stereocenters. The molecule has 0 bridgehead atoms. The molecular weight excluding hydrogens is 232 g/mol. The lowest BCUT2D eigenvalue weighted by molar-refractivity contribution is 1.47. The normalized spacial score (nSPS) is 9.68. The van der Waals surface area contributed by atoms with Gasteiger partial charge in [-0.2, -0.15) is 0 Å². The molecule has 94 valence electrons. The summed E-state index contributed by atoms with van der Waals surface area (Å²) in [4.78, 5) is 3.90. The van der Waals surface area contributed by atoms with Crippen LogP contribution < -0.4 is 5.32 Å². The van der Waals surface area contributed by atoms with Crippen LogP contribution in [0.2, 0.25) is 0 Å². The van der Waals surface area contributed by atoms with Gasteiger partial charge in [-0.25, -0.2) is 0 Å². The van der Waals surface area contributed by atoms with Gasteiger partial charge >= 0.3 is 0 Å². The van der Waals surface area contributed by atoms with E-state index in [0.29, 0.717) is 5.70 Å². The first kappa shape index (κ1) is 12.8. The predicted octanol–water partition coefficient (Wildman–Crippen LogP) is 4.44. The molecule has 0 saturated heterocycles. The largest absolute Gasteiger partial charge is 0.356 e. The number of nitrogens with one attached hydrogen (secondary N) is 1. The Morgan fingerprint density at radius 3 is 2.05 bits per heavy atom. The number of nitrogens with zero attached hydrogens (tertiary/aromatic N) is 1. The fraction of sp³-hybridized carbons (Fsp3) is 0. The first-order valence-corrected chi connectivity index (χ1v) is 5.98. The first-order chi connectivity index (χ1) is 9.22. The van der Waals surface area contributed by atoms with Crippen LogP contribution in [0.3, 0.4) is 0 Å². The molecular formula is C17H16N2. The molecule has 19 heavy (non-hydrogen) atoms. The summed E-state index contributed by atoms with van der Waals surface area (Å²) in [7, 11) is 0. The van der Waals surface area contributed by atoms with Crippen LogP contribution in [0.4, 0.5) is 5.69 Å². The molecule has 0 saturated carbocycles. The summed E-state index contributed by atoms with van der Waals surface area (Å²) < 4.78 is 0. The Labute approximate surface area is 113 Å². The second kappa shape index (κ2) is 5.83. The van der Waals surface area contributed by atoms with Gasteiger partial charge in [0.05, 0.1) is 5.70 Å². The predicted molar refractivity (Wildman–Crippen MR) is 84.1 cm³/mol. The summed E-state index contributed by atoms with van der Waals surface area (Å²) in [5.74, 6) is 0. The molecule has 0 radical (unpaired) electrons. The average Bonchev–Trinajstić information content (AvgIpc) is 2.47. The third kappa shape index (κ3) is 2.99. The summed E-state index contributed by atoms with van der Waals surface area (Å²) in [5, 5.41) is 3.28. The van der Waals surface area contributed by atoms with Crippen molar-refractivity contribution in [3.63, 3.8) is 0 Å². The zero-order valence-corrected chi connectivity index (χ0v) is 10.8. The Morgan fingerprint density at radius 2 is 1.42 bits per heavy atom. The molecule has 0 heterocycles. The second-order valence-corrected chi connectivity index (χ2v) is 4.12. The standard InChI is InChI=1S/C17H16N2/c1-13(18-3)16-11-7-8-12-17(16)14(2)19-15-9-5-4-6-10-15/h4-12,19H,1-3H2. The van der Waals surface area contributed by atoms with Crippen molar-refractivity contribution in [2.75, 3.05) is 5.32 Å². The number of hydrogen-bond donors (Lipinski definition) is 1. The summed E-state index contributed by atoms with van der Waals surface area (Å²) >= 11 is 0. The van der Waals surface area contributed by atoms with E-state index in [2.05, 4.69) is 30.2 Å². The molecule has 2 heteroatoms. The third-order valence-electron chi connectivity index (χ3n) is 2.82. The molecule has 2 rings (SSSR count). The smallest absolute Gasteiger partial charge is 0.0629 e. The maximum Gasteiger partial charge on any atom is 0.0629 e. The molecule has 0 aliphatic carbocycles. The van der Waals surface area contributed by atoms with Gasteiger partial charge in [0.15, 0.2) is 0 Å². The van der Waals surface area contributed by atoms with E-state index in [4.69, 9.17) is 0 Å². The van der Waals surface area contributed by atoms with E-state index in [1.165, 1.54) is 0 Å². The van der Waals surface area contributed by atoms with Crippen LogP contribution in [0.15, 0.2) is 72.7 Å². The molecule has 2 aromatic rings. The number of aliphatic imine (C=N–C) groups is 1. The lowest BCUT2D eigenvalue weighted by Gasteiger charge is -2.13. The fourth-order valence-corrected chi connectivity index (χ4v) is 1.85. The topological polar surface area (TPSA) is 24.4 Å². The molecule has 0 aromatic heterocycles. The number of anilines is 1. The lowest BCUT2D eigenvalue weighted by Crippen LogP contribution is -2.00. The highest BCUT2D eigenvalue weighted by atomic mass is 14.9. The van der Waals surface area contributed by atoms with Gasteiger partial charge in [-0.3, -0.25) is 4.99 Å². The maximum absolute atomic E-state index is 4.08. The van der Waals surface area contributed by atoms with Crippen LogP contribution in [-0.4, -0.2) is 6.72 Å². The van der Waals surface area contributed by atoms with E-state index in [1.54, 1.807) is 0 Å². The zero-order chi connectivity index (χ0) is 13.7. The number of rotatable bonds is 5. The van der Waals surface area contributed by atoms with Gasteiger partial charge in [0.2, 0.25) is 0 Å². The molecule has 0 fully saturated rings. The van der Waals surface area contributed by atoms with Gasteiger partial charge in [0.25, 0.3) is 0 Å². The van der Waals surface area contributed by atoms with Crippen molar-refractivity contribution >= 4 is 23.8 Å². The molecule has 2 aromatic carbocycles. The van der Waals surface area contributed by atoms with Crippen molar-refractivity contribution < 1.29 is 0 Å². The van der Waals surface area contributed by atoms with Crippen molar-refractivity contribution in [1.29, 1.82) is 0 Å². The van der Waals surface area contributed by atoms with Crippen LogP contribution in [0.5, 0.6) is 0 Å². The zero-order valence-electron chi connectivity index (χ0n) is 10.8. The number of para-hydroxylation sites is 1. The minimum absolute atomic E-state index is 0.645. The summed E-state index contributed by atoms with van der Waals surface area (Å²) in [6.07, 6.45) is 0. The fourth-order valence-electron chi connectivity index (χ4n) is 1.85. The third-order valence-corrected chi connectivity index (χ3v) is 2.82. The van der Waals surface area contributed by atoms with E-state index in [9.17, 15) is 0 Å². The van der Waals surface area contributed by atoms with Gasteiger partial charge < -0.3 is 5.32 Å². The Bertz CT molecular complexity index is 612. The van der Waals surface area contributed by atoms with Gasteiger partial charge in [0, 0.05) is 22.5 Å². The van der Waals surface area contributed by atoms with Crippen LogP contribution >= 0.6 is 0 Å². The van der Waals surface area contributed by atoms with E-state index in [1.807, 2.05) is 54.6 Å². The van der Waals surface area contributed by atoms with Gasteiger partial charge in [-0.1, -0.05) is 55.6 Å². The van der Waals surface area contributed by atoms with E-state index in [0.717, 1.165) is 22.5 Å². The highest BCUT2D eigenvalue weighted by molar-refractivity contribution is 5.83. The van der Waals surface area contributed by atoms with Crippen molar-refractivity contribution in [1.82, 2.24) is 0 Å². The van der Waals surface area contributed by atoms with Gasteiger partial charge in [-0.05, 0) is 18.9 Å². The van der Waals surface area contributed by atoms with Crippen molar-refractivity contribution in [3.8, 4) is 0 Å². The van der Waals surface area contributed by atoms with E-state index >= 15 is 0 Å². The van der Waals surface area contributed by atoms with E-state index < -0.39 is 0 Å². The first-order valence-electron chi connectivity index (χ1n) is 5.98. The Morgan fingerprint density at radius 1 is 0.842 bits per heavy atom. The Kier molecular flexibility index (Phi) is 3.94. The molecule has 0 spiro atoms. The monoisotopic (exact) mass is 248 g/mol. The van der Waals surface area contributed by atoms with Crippen molar-refractivity contribution in [3.05, 3.63) is 78.9 Å². The summed E-state index contributed by atoms with van der Waals surface area (Å²) in [5.41, 5.74) is 4.37. The maximum atomic E-state index is 4.08.